The molecule has 7 fully saturated rings. The number of unbranched alkanes of at least 4 members (excludes halogenated alkanes) is 10. The molecule has 2 amide bonds. The first-order valence-corrected chi connectivity index (χ1v) is 33.6. The SMILES string of the molecule is CCCCCN1CCC(=O)CC1.CCCCCN1CCC(=O)CC1.CCCCCN1CCCC(=O)C1.CCCCN1CCCC(=O)C1.CCCCN1CCCC(=O)C1.CCCCN1CCCCC1=O.CCCCN1CCCCC1=O. The van der Waals surface area contributed by atoms with Gasteiger partial charge in [-0.15, -0.1) is 0 Å². The summed E-state index contributed by atoms with van der Waals surface area (Å²) < 4.78 is 0. The highest BCUT2D eigenvalue weighted by Gasteiger charge is 2.20. The Morgan fingerprint density at radius 3 is 0.787 bits per heavy atom. The lowest BCUT2D eigenvalue weighted by Crippen LogP contribution is -2.36. The molecule has 0 radical (unpaired) electrons. The molecule has 80 heavy (non-hydrogen) atoms. The number of Topliss-reactive ketones (excluding diaryl/α,β-unsaturated/α-hetero) is 5. The van der Waals surface area contributed by atoms with Gasteiger partial charge in [0.15, 0.2) is 0 Å². The summed E-state index contributed by atoms with van der Waals surface area (Å²) in [5, 5.41) is 0. The summed E-state index contributed by atoms with van der Waals surface area (Å²) >= 11 is 0. The smallest absolute Gasteiger partial charge is 0.222 e. The van der Waals surface area contributed by atoms with E-state index >= 15 is 0 Å². The minimum absolute atomic E-state index is 0.365. The molecule has 0 aromatic heterocycles. The van der Waals surface area contributed by atoms with Crippen molar-refractivity contribution in [3.05, 3.63) is 0 Å². The highest BCUT2D eigenvalue weighted by atomic mass is 16.2. The average Bonchev–Trinajstić information content (AvgIpc) is 3.46. The van der Waals surface area contributed by atoms with E-state index in [-0.39, 0.29) is 0 Å². The van der Waals surface area contributed by atoms with Gasteiger partial charge in [0.2, 0.25) is 11.8 Å². The Morgan fingerprint density at radius 2 is 0.512 bits per heavy atom. The molecule has 14 heteroatoms. The Kier molecular flexibility index (Phi) is 48.5. The number of carbonyl (C=O) groups is 7. The lowest BCUT2D eigenvalue weighted by atomic mass is 10.1. The van der Waals surface area contributed by atoms with E-state index in [0.717, 1.165) is 194 Å². The van der Waals surface area contributed by atoms with Crippen LogP contribution in [0.15, 0.2) is 0 Å². The zero-order chi connectivity index (χ0) is 58.9. The first-order valence-electron chi connectivity index (χ1n) is 33.6. The van der Waals surface area contributed by atoms with Crippen LogP contribution in [0.1, 0.15) is 260 Å². The number of hydrogen-bond acceptors (Lipinski definition) is 12. The fraction of sp³-hybridized carbons (Fsp3) is 0.894. The number of amides is 2. The standard InChI is InChI=1S/3C10H19NO.4C9H17NO/c2*1-2-3-4-7-11-8-5-10(12)6-9-11;1-2-3-4-7-11-8-5-6-10(12)9-11;2*1-2-3-7-10-8-5-4-6-9(10)11;2*1-2-3-6-10-7-4-5-9(11)8-10/h3*2-9H2,1H3;4*2-8H2,1H3. The number of rotatable bonds is 24. The first-order chi connectivity index (χ1) is 38.8. The minimum atomic E-state index is 0.365. The Hall–Kier alpha value is -2.91. The predicted octanol–water partition coefficient (Wildman–Crippen LogP) is 12.0. The van der Waals surface area contributed by atoms with Gasteiger partial charge in [-0.25, -0.2) is 0 Å². The van der Waals surface area contributed by atoms with Crippen molar-refractivity contribution in [2.45, 2.75) is 260 Å². The lowest BCUT2D eigenvalue weighted by Gasteiger charge is -2.26. The molecule has 7 aliphatic rings. The summed E-state index contributed by atoms with van der Waals surface area (Å²) in [7, 11) is 0. The van der Waals surface area contributed by atoms with Crippen LogP contribution in [-0.4, -0.2) is 199 Å². The second-order valence-electron chi connectivity index (χ2n) is 23.7. The fourth-order valence-electron chi connectivity index (χ4n) is 10.8. The van der Waals surface area contributed by atoms with Crippen LogP contribution in [0.4, 0.5) is 0 Å². The molecule has 0 spiro atoms. The van der Waals surface area contributed by atoms with E-state index < -0.39 is 0 Å². The third-order valence-electron chi connectivity index (χ3n) is 16.1. The molecule has 0 unspecified atom stereocenters. The van der Waals surface area contributed by atoms with Crippen molar-refractivity contribution >= 4 is 40.7 Å². The second kappa shape index (κ2) is 51.7. The van der Waals surface area contributed by atoms with Gasteiger partial charge in [-0.2, -0.15) is 0 Å². The maximum Gasteiger partial charge on any atom is 0.222 e. The van der Waals surface area contributed by atoms with Gasteiger partial charge in [0.1, 0.15) is 28.9 Å². The molecule has 7 aliphatic heterocycles. The van der Waals surface area contributed by atoms with Crippen LogP contribution >= 0.6 is 0 Å². The number of likely N-dealkylation sites (tertiary alicyclic amines) is 7. The van der Waals surface area contributed by atoms with E-state index in [1.807, 2.05) is 9.80 Å². The van der Waals surface area contributed by atoms with Crippen molar-refractivity contribution in [2.24, 2.45) is 0 Å². The van der Waals surface area contributed by atoms with Gasteiger partial charge in [0, 0.05) is 110 Å². The van der Waals surface area contributed by atoms with E-state index in [9.17, 15) is 33.6 Å². The Morgan fingerprint density at radius 1 is 0.237 bits per heavy atom. The first kappa shape index (κ1) is 75.1. The van der Waals surface area contributed by atoms with E-state index in [1.165, 1.54) is 122 Å². The normalized spacial score (nSPS) is 19.9. The summed E-state index contributed by atoms with van der Waals surface area (Å²) in [5.41, 5.74) is 0. The summed E-state index contributed by atoms with van der Waals surface area (Å²) in [5.74, 6) is 2.90. The number of carbonyl (C=O) groups excluding carboxylic acids is 7. The number of hydrogen-bond donors (Lipinski definition) is 0. The molecule has 7 saturated heterocycles. The maximum absolute atomic E-state index is 11.2. The second-order valence-corrected chi connectivity index (χ2v) is 23.7. The largest absolute Gasteiger partial charge is 0.343 e. The molecule has 0 bridgehead atoms. The number of piperidine rings is 7. The molecular weight excluding hydrogens is 1000 g/mol. The third kappa shape index (κ3) is 41.1. The molecule has 7 heterocycles. The predicted molar refractivity (Wildman–Crippen MR) is 332 cm³/mol. The molecular formula is C66H125N7O7. The minimum Gasteiger partial charge on any atom is -0.343 e. The maximum atomic E-state index is 11.2. The van der Waals surface area contributed by atoms with Crippen LogP contribution in [0.5, 0.6) is 0 Å². The molecule has 0 aromatic rings. The third-order valence-corrected chi connectivity index (χ3v) is 16.1. The van der Waals surface area contributed by atoms with Crippen LogP contribution in [0, 0.1) is 0 Å². The van der Waals surface area contributed by atoms with Gasteiger partial charge < -0.3 is 19.6 Å². The van der Waals surface area contributed by atoms with Gasteiger partial charge in [0.25, 0.3) is 0 Å². The van der Waals surface area contributed by atoms with Crippen molar-refractivity contribution in [3.63, 3.8) is 0 Å². The Labute approximate surface area is 491 Å². The van der Waals surface area contributed by atoms with Crippen molar-refractivity contribution in [2.75, 3.05) is 124 Å². The van der Waals surface area contributed by atoms with Crippen molar-refractivity contribution in [3.8, 4) is 0 Å². The van der Waals surface area contributed by atoms with Crippen LogP contribution in [0.3, 0.4) is 0 Å². The molecule has 0 aliphatic carbocycles. The number of nitrogens with zero attached hydrogens (tertiary/aromatic N) is 7. The Bertz CT molecular complexity index is 1500. The summed E-state index contributed by atoms with van der Waals surface area (Å²) in [6.07, 6.45) is 36.2. The van der Waals surface area contributed by atoms with Gasteiger partial charge >= 0.3 is 0 Å². The monoisotopic (exact) mass is 1130 g/mol. The van der Waals surface area contributed by atoms with Gasteiger partial charge in [0.05, 0.1) is 19.6 Å². The average molecular weight is 1130 g/mol. The molecule has 0 aromatic carbocycles. The zero-order valence-electron chi connectivity index (χ0n) is 53.3. The van der Waals surface area contributed by atoms with Crippen molar-refractivity contribution < 1.29 is 33.6 Å². The van der Waals surface area contributed by atoms with Crippen LogP contribution in [0.2, 0.25) is 0 Å². The summed E-state index contributed by atoms with van der Waals surface area (Å²) in [6.45, 7) is 34.6. The molecule has 0 atom stereocenters. The summed E-state index contributed by atoms with van der Waals surface area (Å²) in [4.78, 5) is 93.0. The number of ketones is 5. The molecule has 0 N–H and O–H groups in total. The molecule has 14 nitrogen and oxygen atoms in total. The molecule has 7 rings (SSSR count). The van der Waals surface area contributed by atoms with E-state index in [2.05, 4.69) is 73.0 Å². The molecule has 466 valence electrons. The summed E-state index contributed by atoms with van der Waals surface area (Å²) in [6, 6.07) is 0. The van der Waals surface area contributed by atoms with Gasteiger partial charge in [-0.1, -0.05) is 113 Å². The topological polar surface area (TPSA) is 142 Å². The van der Waals surface area contributed by atoms with Gasteiger partial charge in [-0.05, 0) is 142 Å². The van der Waals surface area contributed by atoms with E-state index in [1.54, 1.807) is 0 Å². The van der Waals surface area contributed by atoms with E-state index in [0.29, 0.717) is 60.4 Å². The Balaban J connectivity index is 0.000000467. The van der Waals surface area contributed by atoms with Crippen LogP contribution in [0.25, 0.3) is 0 Å². The molecule has 0 saturated carbocycles. The highest BCUT2D eigenvalue weighted by Crippen LogP contribution is 2.14. The van der Waals surface area contributed by atoms with Crippen molar-refractivity contribution in [1.29, 1.82) is 0 Å². The zero-order valence-corrected chi connectivity index (χ0v) is 53.3. The quantitative estimate of drug-likeness (QED) is 0.0849. The van der Waals surface area contributed by atoms with Crippen LogP contribution < -0.4 is 0 Å². The lowest BCUT2D eigenvalue weighted by molar-refractivity contribution is -0.134. The highest BCUT2D eigenvalue weighted by molar-refractivity contribution is 5.82. The van der Waals surface area contributed by atoms with E-state index in [4.69, 9.17) is 0 Å². The fourth-order valence-corrected chi connectivity index (χ4v) is 10.8. The van der Waals surface area contributed by atoms with Gasteiger partial charge in [-0.3, -0.25) is 48.3 Å². The van der Waals surface area contributed by atoms with Crippen molar-refractivity contribution in [1.82, 2.24) is 34.3 Å². The van der Waals surface area contributed by atoms with Crippen LogP contribution in [-0.2, 0) is 33.6 Å².